The van der Waals surface area contributed by atoms with Crippen LogP contribution in [0.15, 0.2) is 53.4 Å². The number of aliphatic hydroxyl groups is 1. The second kappa shape index (κ2) is 17.8. The van der Waals surface area contributed by atoms with Crippen LogP contribution in [-0.4, -0.2) is 93.5 Å². The van der Waals surface area contributed by atoms with Crippen LogP contribution in [0.25, 0.3) is 0 Å². The molecule has 0 radical (unpaired) electrons. The fourth-order valence-electron chi connectivity index (χ4n) is 4.87. The lowest BCUT2D eigenvalue weighted by Gasteiger charge is -2.38. The lowest BCUT2D eigenvalue weighted by atomic mass is 9.91. The van der Waals surface area contributed by atoms with Crippen LogP contribution in [0.4, 0.5) is 0 Å². The Labute approximate surface area is 279 Å². The van der Waals surface area contributed by atoms with E-state index in [1.165, 1.54) is 21.4 Å². The second-order valence-corrected chi connectivity index (χ2v) is 14.7. The number of nitrogens with zero attached hydrogens (tertiary/aromatic N) is 2. The number of fused-ring (bicyclic) bond motifs is 1. The number of halogens is 1. The van der Waals surface area contributed by atoms with Crippen molar-refractivity contribution in [3.63, 3.8) is 0 Å². The number of hydrogen-bond acceptors (Lipinski definition) is 9. The molecule has 0 unspecified atom stereocenters. The zero-order valence-corrected chi connectivity index (χ0v) is 29.2. The van der Waals surface area contributed by atoms with E-state index in [0.29, 0.717) is 24.7 Å². The highest BCUT2D eigenvalue weighted by molar-refractivity contribution is 7.89. The summed E-state index contributed by atoms with van der Waals surface area (Å²) >= 11 is 0. The molecule has 3 rings (SSSR count). The van der Waals surface area contributed by atoms with Gasteiger partial charge in [0.15, 0.2) is 11.5 Å². The molecule has 14 heteroatoms. The predicted octanol–water partition coefficient (Wildman–Crippen LogP) is 2.99. The molecule has 3 N–H and O–H groups in total. The number of nitrogens with one attached hydrogen (secondary N) is 2. The Bertz CT molecular complexity index is 1370. The van der Waals surface area contributed by atoms with Gasteiger partial charge in [0.1, 0.15) is 0 Å². The number of hydrazine groups is 1. The number of aliphatic hydroxyl groups excluding tert-OH is 1. The molecule has 1 aliphatic rings. The van der Waals surface area contributed by atoms with E-state index in [9.17, 15) is 23.1 Å². The zero-order chi connectivity index (χ0) is 33.2. The maximum atomic E-state index is 14.0. The van der Waals surface area contributed by atoms with Crippen LogP contribution in [0, 0.1) is 11.3 Å². The van der Waals surface area contributed by atoms with E-state index in [0.717, 1.165) is 5.56 Å². The van der Waals surface area contributed by atoms with Crippen molar-refractivity contribution in [2.75, 3.05) is 46.7 Å². The first-order chi connectivity index (χ1) is 21.2. The Morgan fingerprint density at radius 2 is 1.72 bits per heavy atom. The summed E-state index contributed by atoms with van der Waals surface area (Å²) in [6.45, 7) is 10.0. The molecule has 46 heavy (non-hydrogen) atoms. The third kappa shape index (κ3) is 11.7. The van der Waals surface area contributed by atoms with Gasteiger partial charge in [0.05, 0.1) is 30.2 Å². The van der Waals surface area contributed by atoms with Gasteiger partial charge in [0, 0.05) is 39.2 Å². The smallest absolute Gasteiger partial charge is 0.252 e. The van der Waals surface area contributed by atoms with Crippen LogP contribution < -0.4 is 20.2 Å². The summed E-state index contributed by atoms with van der Waals surface area (Å²) in [4.78, 5) is 26.8. The molecule has 258 valence electrons. The summed E-state index contributed by atoms with van der Waals surface area (Å²) in [5, 5.41) is 16.0. The van der Waals surface area contributed by atoms with E-state index >= 15 is 0 Å². The minimum Gasteiger partial charge on any atom is -0.454 e. The van der Waals surface area contributed by atoms with Gasteiger partial charge < -0.3 is 24.6 Å². The number of ether oxygens (including phenoxy) is 3. The van der Waals surface area contributed by atoms with E-state index < -0.39 is 39.4 Å². The Kier molecular flexibility index (Phi) is 15.2. The van der Waals surface area contributed by atoms with Gasteiger partial charge in [0.2, 0.25) is 22.7 Å². The van der Waals surface area contributed by atoms with Crippen LogP contribution in [-0.2, 0) is 30.8 Å². The first kappa shape index (κ1) is 39.2. The van der Waals surface area contributed by atoms with Crippen molar-refractivity contribution in [2.45, 2.75) is 64.5 Å². The fourth-order valence-corrected chi connectivity index (χ4v) is 6.51. The molecule has 0 aliphatic carbocycles. The third-order valence-electron chi connectivity index (χ3n) is 6.97. The van der Waals surface area contributed by atoms with Crippen molar-refractivity contribution in [1.29, 1.82) is 0 Å². The SMILES string of the molecule is COCCNCC(=O)NN(C(=O)CC(C)(C)C)[C@@H](Cc1ccccc1)[C@H](O)CN(CC(C)C)S(=O)(=O)c1ccc2c(c1)OCO2.Cl. The number of benzene rings is 2. The monoisotopic (exact) mass is 684 g/mol. The lowest BCUT2D eigenvalue weighted by Crippen LogP contribution is -2.60. The topological polar surface area (TPSA) is 147 Å². The summed E-state index contributed by atoms with van der Waals surface area (Å²) in [6.07, 6.45) is -1.14. The van der Waals surface area contributed by atoms with Gasteiger partial charge in [-0.3, -0.25) is 15.0 Å². The number of hydrogen-bond donors (Lipinski definition) is 3. The first-order valence-electron chi connectivity index (χ1n) is 15.1. The molecule has 0 saturated carbocycles. The van der Waals surface area contributed by atoms with Gasteiger partial charge in [-0.1, -0.05) is 65.0 Å². The number of carbonyl (C=O) groups excluding carboxylic acids is 2. The number of sulfonamides is 1. The Morgan fingerprint density at radius 1 is 1.04 bits per heavy atom. The fraction of sp³-hybridized carbons (Fsp3) is 0.562. The van der Waals surface area contributed by atoms with Crippen LogP contribution in [0.5, 0.6) is 11.5 Å². The minimum atomic E-state index is -4.11. The average Bonchev–Trinajstić information content (AvgIpc) is 3.44. The summed E-state index contributed by atoms with van der Waals surface area (Å²) in [5.74, 6) is -0.186. The number of rotatable bonds is 16. The molecule has 2 aromatic rings. The van der Waals surface area contributed by atoms with Crippen molar-refractivity contribution < 1.29 is 37.3 Å². The van der Waals surface area contributed by atoms with Crippen molar-refractivity contribution in [1.82, 2.24) is 20.1 Å². The summed E-state index contributed by atoms with van der Waals surface area (Å²) in [6, 6.07) is 12.7. The Hall–Kier alpha value is -2.94. The standard InChI is InChI=1S/C32H48N4O8S.ClH/c1-23(2)20-35(45(40,41)25-12-13-28-29(17-25)44-22-43-28)21-27(37)26(16-24-10-8-7-9-11-24)36(31(39)18-32(3,4)5)34-30(38)19-33-14-15-42-6;/h7-13,17,23,26-27,33,37H,14-16,18-22H2,1-6H3,(H,34,38);1H/t26-,27+;/m0./s1. The number of amides is 2. The molecule has 2 amide bonds. The number of methoxy groups -OCH3 is 1. The van der Waals surface area contributed by atoms with Crippen LogP contribution >= 0.6 is 12.4 Å². The quantitative estimate of drug-likeness (QED) is 0.179. The maximum absolute atomic E-state index is 14.0. The van der Waals surface area contributed by atoms with Crippen LogP contribution in [0.1, 0.15) is 46.6 Å². The second-order valence-electron chi connectivity index (χ2n) is 12.8. The van der Waals surface area contributed by atoms with E-state index in [-0.39, 0.29) is 62.5 Å². The van der Waals surface area contributed by atoms with Crippen molar-refractivity contribution >= 4 is 34.2 Å². The highest BCUT2D eigenvalue weighted by atomic mass is 35.5. The molecule has 1 heterocycles. The van der Waals surface area contributed by atoms with Crippen LogP contribution in [0.3, 0.4) is 0 Å². The van der Waals surface area contributed by atoms with E-state index in [4.69, 9.17) is 14.2 Å². The van der Waals surface area contributed by atoms with Gasteiger partial charge in [-0.25, -0.2) is 13.4 Å². The van der Waals surface area contributed by atoms with Gasteiger partial charge in [-0.2, -0.15) is 4.31 Å². The molecule has 0 aromatic heterocycles. The van der Waals surface area contributed by atoms with Crippen LogP contribution in [0.2, 0.25) is 0 Å². The van der Waals surface area contributed by atoms with Crippen molar-refractivity contribution in [3.8, 4) is 11.5 Å². The normalized spacial score (nSPS) is 14.1. The molecule has 0 fully saturated rings. The lowest BCUT2D eigenvalue weighted by molar-refractivity contribution is -0.149. The molecule has 0 saturated heterocycles. The first-order valence-corrected chi connectivity index (χ1v) is 16.6. The maximum Gasteiger partial charge on any atom is 0.252 e. The molecular formula is C32H49ClN4O8S. The highest BCUT2D eigenvalue weighted by Gasteiger charge is 2.37. The molecule has 12 nitrogen and oxygen atoms in total. The van der Waals surface area contributed by atoms with Crippen molar-refractivity contribution in [3.05, 3.63) is 54.1 Å². The molecular weight excluding hydrogens is 636 g/mol. The Balaban J connectivity index is 0.00000736. The largest absolute Gasteiger partial charge is 0.454 e. The summed E-state index contributed by atoms with van der Waals surface area (Å²) in [5.41, 5.74) is 3.09. The third-order valence-corrected chi connectivity index (χ3v) is 8.80. The zero-order valence-electron chi connectivity index (χ0n) is 27.5. The molecule has 0 spiro atoms. The van der Waals surface area contributed by atoms with E-state index in [1.807, 2.05) is 65.0 Å². The van der Waals surface area contributed by atoms with E-state index in [2.05, 4.69) is 10.7 Å². The Morgan fingerprint density at radius 3 is 2.35 bits per heavy atom. The van der Waals surface area contributed by atoms with Gasteiger partial charge >= 0.3 is 0 Å². The number of carbonyl (C=O) groups is 2. The highest BCUT2D eigenvalue weighted by Crippen LogP contribution is 2.35. The van der Waals surface area contributed by atoms with Gasteiger partial charge in [-0.15, -0.1) is 12.4 Å². The van der Waals surface area contributed by atoms with Gasteiger partial charge in [0.25, 0.3) is 5.91 Å². The average molecular weight is 685 g/mol. The molecule has 0 bridgehead atoms. The van der Waals surface area contributed by atoms with E-state index in [1.54, 1.807) is 13.2 Å². The predicted molar refractivity (Wildman–Crippen MR) is 177 cm³/mol. The minimum absolute atomic E-state index is 0. The summed E-state index contributed by atoms with van der Waals surface area (Å²) in [7, 11) is -2.55. The van der Waals surface area contributed by atoms with Crippen molar-refractivity contribution in [2.24, 2.45) is 11.3 Å². The summed E-state index contributed by atoms with van der Waals surface area (Å²) < 4.78 is 44.9. The van der Waals surface area contributed by atoms with Gasteiger partial charge in [-0.05, 0) is 35.4 Å². The molecule has 2 aromatic carbocycles. The molecule has 2 atom stereocenters. The molecule has 1 aliphatic heterocycles.